The van der Waals surface area contributed by atoms with Crippen LogP contribution in [0.4, 0.5) is 0 Å². The minimum Gasteiger partial charge on any atom is -0.369 e. The standard InChI is InChI=1S/C21H23ClN2/c1-15-3-8-18-19(16-4-6-17(22)7-5-16)14-21(20(18)13-15)24-11-9-23(2)10-12-24/h3-8,13-14,19H,9-12H2,1-2H3. The van der Waals surface area contributed by atoms with Crippen molar-refractivity contribution >= 4 is 17.3 Å². The number of piperazine rings is 1. The number of halogens is 1. The highest BCUT2D eigenvalue weighted by Crippen LogP contribution is 2.42. The monoisotopic (exact) mass is 338 g/mol. The molecule has 2 nitrogen and oxygen atoms in total. The van der Waals surface area contributed by atoms with Crippen LogP contribution in [0.15, 0.2) is 48.5 Å². The molecule has 0 aromatic heterocycles. The molecule has 1 saturated heterocycles. The van der Waals surface area contributed by atoms with Gasteiger partial charge in [-0.25, -0.2) is 0 Å². The molecular formula is C21H23ClN2. The third-order valence-corrected chi connectivity index (χ3v) is 5.47. The third-order valence-electron chi connectivity index (χ3n) is 5.22. The third kappa shape index (κ3) is 2.85. The lowest BCUT2D eigenvalue weighted by molar-refractivity contribution is 0.207. The zero-order valence-corrected chi connectivity index (χ0v) is 15.1. The molecular weight excluding hydrogens is 316 g/mol. The van der Waals surface area contributed by atoms with Crippen LogP contribution in [-0.4, -0.2) is 43.0 Å². The Morgan fingerprint density at radius 1 is 0.958 bits per heavy atom. The molecule has 2 aromatic carbocycles. The van der Waals surface area contributed by atoms with Gasteiger partial charge in [0.05, 0.1) is 0 Å². The van der Waals surface area contributed by atoms with Crippen LogP contribution >= 0.6 is 11.6 Å². The van der Waals surface area contributed by atoms with E-state index in [9.17, 15) is 0 Å². The second-order valence-corrected chi connectivity index (χ2v) is 7.40. The van der Waals surface area contributed by atoms with Crippen molar-refractivity contribution in [1.29, 1.82) is 0 Å². The maximum atomic E-state index is 6.08. The van der Waals surface area contributed by atoms with Crippen molar-refractivity contribution in [2.24, 2.45) is 0 Å². The van der Waals surface area contributed by atoms with Gasteiger partial charge in [-0.2, -0.15) is 0 Å². The summed E-state index contributed by atoms with van der Waals surface area (Å²) in [5.41, 5.74) is 6.86. The van der Waals surface area contributed by atoms with Gasteiger partial charge >= 0.3 is 0 Å². The zero-order valence-electron chi connectivity index (χ0n) is 14.3. The number of likely N-dealkylation sites (N-methyl/N-ethyl adjacent to an activating group) is 1. The van der Waals surface area contributed by atoms with Crippen LogP contribution in [0.5, 0.6) is 0 Å². The van der Waals surface area contributed by atoms with Crippen molar-refractivity contribution in [1.82, 2.24) is 9.80 Å². The van der Waals surface area contributed by atoms with E-state index in [1.54, 1.807) is 0 Å². The lowest BCUT2D eigenvalue weighted by atomic mass is 9.92. The molecule has 2 aliphatic rings. The van der Waals surface area contributed by atoms with E-state index in [0.29, 0.717) is 5.92 Å². The molecule has 1 atom stereocenters. The number of hydrogen-bond donors (Lipinski definition) is 0. The molecule has 1 aliphatic heterocycles. The zero-order chi connectivity index (χ0) is 16.7. The van der Waals surface area contributed by atoms with Crippen molar-refractivity contribution in [2.45, 2.75) is 12.8 Å². The fraction of sp³-hybridized carbons (Fsp3) is 0.333. The molecule has 0 spiro atoms. The summed E-state index contributed by atoms with van der Waals surface area (Å²) in [4.78, 5) is 4.95. The van der Waals surface area contributed by atoms with E-state index in [0.717, 1.165) is 31.2 Å². The molecule has 2 aromatic rings. The summed E-state index contributed by atoms with van der Waals surface area (Å²) in [7, 11) is 2.20. The quantitative estimate of drug-likeness (QED) is 0.801. The maximum Gasteiger partial charge on any atom is 0.0413 e. The van der Waals surface area contributed by atoms with Crippen LogP contribution in [-0.2, 0) is 0 Å². The van der Waals surface area contributed by atoms with Crippen LogP contribution in [0.2, 0.25) is 5.02 Å². The number of rotatable bonds is 2. The van der Waals surface area contributed by atoms with Crippen LogP contribution in [0.1, 0.15) is 28.2 Å². The first-order valence-corrected chi connectivity index (χ1v) is 9.01. The van der Waals surface area contributed by atoms with Gasteiger partial charge in [0.15, 0.2) is 0 Å². The lowest BCUT2D eigenvalue weighted by Crippen LogP contribution is -2.43. The Labute approximate surface area is 149 Å². The van der Waals surface area contributed by atoms with E-state index < -0.39 is 0 Å². The van der Waals surface area contributed by atoms with E-state index in [2.05, 4.69) is 60.2 Å². The van der Waals surface area contributed by atoms with Crippen molar-refractivity contribution in [3.63, 3.8) is 0 Å². The van der Waals surface area contributed by atoms with Crippen molar-refractivity contribution in [3.8, 4) is 0 Å². The SMILES string of the molecule is Cc1ccc2c(c1)C(N1CCN(C)CC1)=CC2c1ccc(Cl)cc1. The molecule has 0 bridgehead atoms. The highest BCUT2D eigenvalue weighted by Gasteiger charge is 2.29. The van der Waals surface area contributed by atoms with E-state index >= 15 is 0 Å². The first kappa shape index (κ1) is 15.7. The van der Waals surface area contributed by atoms with Crippen LogP contribution in [0.3, 0.4) is 0 Å². The number of hydrogen-bond acceptors (Lipinski definition) is 2. The Hall–Kier alpha value is -1.77. The number of benzene rings is 2. The first-order chi connectivity index (χ1) is 11.6. The summed E-state index contributed by atoms with van der Waals surface area (Å²) >= 11 is 6.08. The smallest absolute Gasteiger partial charge is 0.0413 e. The van der Waals surface area contributed by atoms with Gasteiger partial charge in [0.2, 0.25) is 0 Å². The summed E-state index contributed by atoms with van der Waals surface area (Å²) in [6.07, 6.45) is 2.44. The van der Waals surface area contributed by atoms with Crippen molar-refractivity contribution < 1.29 is 0 Å². The molecule has 24 heavy (non-hydrogen) atoms. The Morgan fingerprint density at radius 2 is 1.67 bits per heavy atom. The van der Waals surface area contributed by atoms with Gasteiger partial charge in [-0.05, 0) is 49.4 Å². The molecule has 1 aliphatic carbocycles. The Kier molecular flexibility index (Phi) is 4.11. The topological polar surface area (TPSA) is 6.48 Å². The number of allylic oxidation sites excluding steroid dienone is 1. The van der Waals surface area contributed by atoms with Crippen molar-refractivity contribution in [2.75, 3.05) is 33.2 Å². The van der Waals surface area contributed by atoms with Crippen LogP contribution in [0.25, 0.3) is 5.70 Å². The summed E-state index contributed by atoms with van der Waals surface area (Å²) in [5.74, 6) is 0.326. The predicted octanol–water partition coefficient (Wildman–Crippen LogP) is 4.38. The highest BCUT2D eigenvalue weighted by molar-refractivity contribution is 6.30. The van der Waals surface area contributed by atoms with Crippen LogP contribution in [0, 0.1) is 6.92 Å². The molecule has 124 valence electrons. The summed E-state index contributed by atoms with van der Waals surface area (Å²) in [6, 6.07) is 15.2. The van der Waals surface area contributed by atoms with Gasteiger partial charge in [-0.1, -0.05) is 41.4 Å². The van der Waals surface area contributed by atoms with Gasteiger partial charge < -0.3 is 9.80 Å². The number of fused-ring (bicyclic) bond motifs is 1. The second-order valence-electron chi connectivity index (χ2n) is 6.96. The van der Waals surface area contributed by atoms with Gasteiger partial charge in [0, 0.05) is 48.4 Å². The minimum absolute atomic E-state index is 0.326. The molecule has 0 N–H and O–H groups in total. The Bertz CT molecular complexity index is 771. The fourth-order valence-electron chi connectivity index (χ4n) is 3.77. The lowest BCUT2D eigenvalue weighted by Gasteiger charge is -2.35. The molecule has 3 heteroatoms. The van der Waals surface area contributed by atoms with E-state index in [4.69, 9.17) is 11.6 Å². The first-order valence-electron chi connectivity index (χ1n) is 8.63. The minimum atomic E-state index is 0.326. The van der Waals surface area contributed by atoms with E-state index in [-0.39, 0.29) is 0 Å². The molecule has 0 radical (unpaired) electrons. The van der Waals surface area contributed by atoms with Gasteiger partial charge in [-0.15, -0.1) is 0 Å². The average Bonchev–Trinajstić information content (AvgIpc) is 2.95. The summed E-state index contributed by atoms with van der Waals surface area (Å²) in [6.45, 7) is 6.64. The predicted molar refractivity (Wildman–Crippen MR) is 102 cm³/mol. The van der Waals surface area contributed by atoms with Gasteiger partial charge in [-0.3, -0.25) is 0 Å². The molecule has 1 heterocycles. The second kappa shape index (κ2) is 6.27. The van der Waals surface area contributed by atoms with Crippen molar-refractivity contribution in [3.05, 3.63) is 75.8 Å². The maximum absolute atomic E-state index is 6.08. The number of nitrogens with zero attached hydrogens (tertiary/aromatic N) is 2. The summed E-state index contributed by atoms with van der Waals surface area (Å²) in [5, 5.41) is 0.796. The van der Waals surface area contributed by atoms with Gasteiger partial charge in [0.1, 0.15) is 0 Å². The Morgan fingerprint density at radius 3 is 2.38 bits per heavy atom. The molecule has 1 fully saturated rings. The molecule has 1 unspecified atom stereocenters. The van der Waals surface area contributed by atoms with E-state index in [1.165, 1.54) is 28.0 Å². The Balaban J connectivity index is 1.74. The molecule has 0 amide bonds. The molecule has 4 rings (SSSR count). The van der Waals surface area contributed by atoms with Gasteiger partial charge in [0.25, 0.3) is 0 Å². The highest BCUT2D eigenvalue weighted by atomic mass is 35.5. The normalized spacial score (nSPS) is 20.9. The van der Waals surface area contributed by atoms with E-state index in [1.807, 2.05) is 12.1 Å². The fourth-order valence-corrected chi connectivity index (χ4v) is 3.90. The summed E-state index contributed by atoms with van der Waals surface area (Å²) < 4.78 is 0. The average molecular weight is 339 g/mol. The number of aryl methyl sites for hydroxylation is 1. The largest absolute Gasteiger partial charge is 0.369 e. The molecule has 0 saturated carbocycles. The van der Waals surface area contributed by atoms with Crippen LogP contribution < -0.4 is 0 Å².